The molecule has 1 aliphatic rings. The van der Waals surface area contributed by atoms with Gasteiger partial charge in [0.05, 0.1) is 13.0 Å². The van der Waals surface area contributed by atoms with Gasteiger partial charge in [0.2, 0.25) is 0 Å². The van der Waals surface area contributed by atoms with Gasteiger partial charge >= 0.3 is 5.97 Å². The lowest BCUT2D eigenvalue weighted by molar-refractivity contribution is -0.143. The van der Waals surface area contributed by atoms with Crippen molar-refractivity contribution in [3.05, 3.63) is 0 Å². The van der Waals surface area contributed by atoms with Gasteiger partial charge in [0, 0.05) is 0 Å². The Morgan fingerprint density at radius 3 is 2.38 bits per heavy atom. The number of hydrogen-bond acceptors (Lipinski definition) is 2. The van der Waals surface area contributed by atoms with Gasteiger partial charge in [-0.15, -0.1) is 0 Å². The Morgan fingerprint density at radius 2 is 2.00 bits per heavy atom. The van der Waals surface area contributed by atoms with E-state index in [1.807, 2.05) is 0 Å². The van der Waals surface area contributed by atoms with Crippen molar-refractivity contribution in [3.8, 4) is 0 Å². The van der Waals surface area contributed by atoms with Crippen LogP contribution in [-0.2, 0) is 9.53 Å². The fourth-order valence-corrected chi connectivity index (χ4v) is 2.29. The molecule has 0 N–H and O–H groups in total. The average Bonchev–Trinajstić information content (AvgIpc) is 2.51. The summed E-state index contributed by atoms with van der Waals surface area (Å²) < 4.78 is 4.78. The van der Waals surface area contributed by atoms with Gasteiger partial charge in [-0.3, -0.25) is 4.79 Å². The summed E-state index contributed by atoms with van der Waals surface area (Å²) >= 11 is 0. The minimum absolute atomic E-state index is 0.0318. The molecule has 1 rings (SSSR count). The molecule has 0 amide bonds. The molecule has 0 aromatic rings. The molecule has 0 radical (unpaired) electrons. The summed E-state index contributed by atoms with van der Waals surface area (Å²) in [5.74, 6) is 1.30. The van der Waals surface area contributed by atoms with E-state index in [1.165, 1.54) is 7.11 Å². The molecule has 1 aliphatic carbocycles. The summed E-state index contributed by atoms with van der Waals surface area (Å²) in [6.07, 6.45) is 1.13. The largest absolute Gasteiger partial charge is 0.469 e. The maximum atomic E-state index is 11.4. The second-order valence-corrected chi connectivity index (χ2v) is 5.06. The zero-order valence-electron chi connectivity index (χ0n) is 9.26. The Hall–Kier alpha value is -0.530. The van der Waals surface area contributed by atoms with Crippen LogP contribution in [0.3, 0.4) is 0 Å². The summed E-state index contributed by atoms with van der Waals surface area (Å²) in [4.78, 5) is 11.4. The van der Waals surface area contributed by atoms with E-state index < -0.39 is 0 Å². The summed E-state index contributed by atoms with van der Waals surface area (Å²) in [5.41, 5.74) is 0.164. The minimum atomic E-state index is -0.0318. The van der Waals surface area contributed by atoms with Gasteiger partial charge in [-0.2, -0.15) is 0 Å². The number of hydrogen-bond donors (Lipinski definition) is 0. The molecule has 0 heterocycles. The lowest BCUT2D eigenvalue weighted by Crippen LogP contribution is -2.07. The van der Waals surface area contributed by atoms with E-state index in [1.54, 1.807) is 0 Å². The van der Waals surface area contributed by atoms with Crippen molar-refractivity contribution in [2.75, 3.05) is 7.11 Å². The van der Waals surface area contributed by atoms with Gasteiger partial charge in [0.25, 0.3) is 0 Å². The normalized spacial score (nSPS) is 30.3. The predicted molar refractivity (Wildman–Crippen MR) is 52.2 cm³/mol. The molecule has 0 aromatic carbocycles. The van der Waals surface area contributed by atoms with E-state index >= 15 is 0 Å². The zero-order chi connectivity index (χ0) is 10.2. The van der Waals surface area contributed by atoms with Crippen LogP contribution in [0.1, 0.15) is 34.1 Å². The molecular formula is C11H20O2. The van der Waals surface area contributed by atoms with Gasteiger partial charge in [-0.25, -0.2) is 0 Å². The minimum Gasteiger partial charge on any atom is -0.469 e. The quantitative estimate of drug-likeness (QED) is 0.630. The molecule has 2 unspecified atom stereocenters. The third kappa shape index (κ3) is 1.87. The molecule has 0 aromatic heterocycles. The third-order valence-electron chi connectivity index (χ3n) is 3.23. The van der Waals surface area contributed by atoms with Crippen LogP contribution in [-0.4, -0.2) is 13.1 Å². The van der Waals surface area contributed by atoms with Crippen molar-refractivity contribution in [1.29, 1.82) is 0 Å². The number of carbonyl (C=O) groups is 1. The van der Waals surface area contributed by atoms with Gasteiger partial charge in [-0.05, 0) is 23.7 Å². The maximum Gasteiger partial charge on any atom is 0.309 e. The highest BCUT2D eigenvalue weighted by molar-refractivity contribution is 5.77. The van der Waals surface area contributed by atoms with Crippen LogP contribution in [0.4, 0.5) is 0 Å². The number of esters is 1. The summed E-state index contributed by atoms with van der Waals surface area (Å²) in [6.45, 7) is 8.70. The Labute approximate surface area is 80.7 Å². The lowest BCUT2D eigenvalue weighted by atomic mass is 10.0. The number of ether oxygens (including phenoxy) is 1. The predicted octanol–water partition coefficient (Wildman–Crippen LogP) is 2.48. The molecular weight excluding hydrogens is 164 g/mol. The second-order valence-electron chi connectivity index (χ2n) is 5.06. The van der Waals surface area contributed by atoms with Gasteiger partial charge in [0.15, 0.2) is 0 Å². The molecule has 76 valence electrons. The molecule has 0 spiro atoms. The smallest absolute Gasteiger partial charge is 0.309 e. The first kappa shape index (κ1) is 10.6. The summed E-state index contributed by atoms with van der Waals surface area (Å²) in [6, 6.07) is 0. The Kier molecular flexibility index (Phi) is 2.69. The highest BCUT2D eigenvalue weighted by Gasteiger charge is 2.61. The SMILES string of the molecule is COC(=O)C1C(CC(C)C)C1(C)C. The van der Waals surface area contributed by atoms with Crippen LogP contribution in [0.15, 0.2) is 0 Å². The van der Waals surface area contributed by atoms with E-state index in [-0.39, 0.29) is 17.3 Å². The molecule has 2 atom stereocenters. The fourth-order valence-electron chi connectivity index (χ4n) is 2.29. The Bertz CT molecular complexity index is 206. The standard InChI is InChI=1S/C11H20O2/c1-7(2)6-8-9(10(12)13-5)11(8,3)4/h7-9H,6H2,1-5H3. The first-order chi connectivity index (χ1) is 5.91. The second kappa shape index (κ2) is 3.32. The number of rotatable bonds is 3. The Morgan fingerprint density at radius 1 is 1.46 bits per heavy atom. The molecule has 0 saturated heterocycles. The van der Waals surface area contributed by atoms with Gasteiger partial charge in [0.1, 0.15) is 0 Å². The van der Waals surface area contributed by atoms with Crippen LogP contribution in [0.2, 0.25) is 0 Å². The number of methoxy groups -OCH3 is 1. The first-order valence-corrected chi connectivity index (χ1v) is 4.99. The van der Waals surface area contributed by atoms with Gasteiger partial charge < -0.3 is 4.74 Å². The van der Waals surface area contributed by atoms with Crippen molar-refractivity contribution >= 4 is 5.97 Å². The highest BCUT2D eigenvalue weighted by atomic mass is 16.5. The third-order valence-corrected chi connectivity index (χ3v) is 3.23. The van der Waals surface area contributed by atoms with Crippen LogP contribution in [0.5, 0.6) is 0 Å². The molecule has 1 saturated carbocycles. The van der Waals surface area contributed by atoms with Crippen LogP contribution in [0, 0.1) is 23.2 Å². The van der Waals surface area contributed by atoms with E-state index in [0.717, 1.165) is 6.42 Å². The van der Waals surface area contributed by atoms with Crippen molar-refractivity contribution < 1.29 is 9.53 Å². The molecule has 2 heteroatoms. The van der Waals surface area contributed by atoms with E-state index in [9.17, 15) is 4.79 Å². The van der Waals surface area contributed by atoms with Crippen LogP contribution < -0.4 is 0 Å². The van der Waals surface area contributed by atoms with Gasteiger partial charge in [-0.1, -0.05) is 27.7 Å². The Balaban J connectivity index is 2.55. The van der Waals surface area contributed by atoms with Crippen molar-refractivity contribution in [3.63, 3.8) is 0 Å². The number of carbonyl (C=O) groups excluding carboxylic acids is 1. The maximum absolute atomic E-state index is 11.4. The van der Waals surface area contributed by atoms with Crippen molar-refractivity contribution in [1.82, 2.24) is 0 Å². The van der Waals surface area contributed by atoms with Crippen molar-refractivity contribution in [2.45, 2.75) is 34.1 Å². The molecule has 0 bridgehead atoms. The summed E-state index contributed by atoms with van der Waals surface area (Å²) in [5, 5.41) is 0. The van der Waals surface area contributed by atoms with Crippen LogP contribution >= 0.6 is 0 Å². The zero-order valence-corrected chi connectivity index (χ0v) is 9.26. The van der Waals surface area contributed by atoms with E-state index in [4.69, 9.17) is 4.74 Å². The lowest BCUT2D eigenvalue weighted by Gasteiger charge is -2.04. The van der Waals surface area contributed by atoms with Crippen molar-refractivity contribution in [2.24, 2.45) is 23.2 Å². The average molecular weight is 184 g/mol. The van der Waals surface area contributed by atoms with E-state index in [2.05, 4.69) is 27.7 Å². The fraction of sp³-hybridized carbons (Fsp3) is 0.909. The first-order valence-electron chi connectivity index (χ1n) is 4.99. The molecule has 1 fully saturated rings. The highest BCUT2D eigenvalue weighted by Crippen LogP contribution is 2.61. The van der Waals surface area contributed by atoms with Crippen LogP contribution in [0.25, 0.3) is 0 Å². The molecule has 13 heavy (non-hydrogen) atoms. The molecule has 2 nitrogen and oxygen atoms in total. The van der Waals surface area contributed by atoms with E-state index in [0.29, 0.717) is 11.8 Å². The monoisotopic (exact) mass is 184 g/mol. The summed E-state index contributed by atoms with van der Waals surface area (Å²) in [7, 11) is 1.48. The molecule has 0 aliphatic heterocycles. The topological polar surface area (TPSA) is 26.3 Å².